The smallest absolute Gasteiger partial charge is 0.249 e. The van der Waals surface area contributed by atoms with Gasteiger partial charge in [0.05, 0.1) is 25.4 Å². The molecule has 376 valence electrons. The van der Waals surface area contributed by atoms with E-state index in [-0.39, 0.29) is 6.61 Å². The molecular formula is C54H101NO9. The maximum atomic E-state index is 13.1. The molecule has 10 heteroatoms. The van der Waals surface area contributed by atoms with Crippen LogP contribution in [0.4, 0.5) is 0 Å². The van der Waals surface area contributed by atoms with Crippen LogP contribution in [0.2, 0.25) is 0 Å². The Labute approximate surface area is 392 Å². The summed E-state index contributed by atoms with van der Waals surface area (Å²) in [5, 5.41) is 64.7. The molecule has 8 unspecified atom stereocenters. The highest BCUT2D eigenvalue weighted by molar-refractivity contribution is 5.80. The quantitative estimate of drug-likeness (QED) is 0.0232. The normalized spacial score (nSPS) is 20.8. The molecule has 64 heavy (non-hydrogen) atoms. The lowest BCUT2D eigenvalue weighted by molar-refractivity contribution is -0.302. The molecule has 0 aromatic heterocycles. The molecule has 1 rings (SSSR count). The van der Waals surface area contributed by atoms with Gasteiger partial charge in [0.15, 0.2) is 6.29 Å². The van der Waals surface area contributed by atoms with Crippen LogP contribution in [-0.4, -0.2) is 98.7 Å². The lowest BCUT2D eigenvalue weighted by Gasteiger charge is -2.40. The van der Waals surface area contributed by atoms with E-state index in [4.69, 9.17) is 9.47 Å². The monoisotopic (exact) mass is 908 g/mol. The topological polar surface area (TPSA) is 169 Å². The van der Waals surface area contributed by atoms with E-state index in [1.807, 2.05) is 6.08 Å². The van der Waals surface area contributed by atoms with E-state index in [0.717, 1.165) is 51.4 Å². The molecule has 1 amide bonds. The maximum Gasteiger partial charge on any atom is 0.249 e. The second-order valence-corrected chi connectivity index (χ2v) is 18.8. The number of aliphatic hydroxyl groups is 6. The third kappa shape index (κ3) is 32.9. The van der Waals surface area contributed by atoms with Crippen LogP contribution in [0, 0.1) is 0 Å². The Morgan fingerprint density at radius 2 is 0.922 bits per heavy atom. The summed E-state index contributed by atoms with van der Waals surface area (Å²) in [6.45, 7) is 3.52. The molecular weight excluding hydrogens is 807 g/mol. The largest absolute Gasteiger partial charge is 0.394 e. The Morgan fingerprint density at radius 1 is 0.531 bits per heavy atom. The van der Waals surface area contributed by atoms with Crippen molar-refractivity contribution in [1.82, 2.24) is 5.32 Å². The first-order chi connectivity index (χ1) is 31.3. The van der Waals surface area contributed by atoms with Crippen LogP contribution < -0.4 is 5.32 Å². The van der Waals surface area contributed by atoms with Crippen molar-refractivity contribution < 1.29 is 44.9 Å². The van der Waals surface area contributed by atoms with Gasteiger partial charge in [-0.15, -0.1) is 0 Å². The fourth-order valence-electron chi connectivity index (χ4n) is 8.44. The minimum Gasteiger partial charge on any atom is -0.394 e. The van der Waals surface area contributed by atoms with Gasteiger partial charge in [0.25, 0.3) is 0 Å². The minimum atomic E-state index is -1.62. The maximum absolute atomic E-state index is 13.1. The number of ether oxygens (including phenoxy) is 2. The number of allylic oxidation sites excluding steroid dienone is 5. The molecule has 8 atom stereocenters. The molecule has 1 aliphatic rings. The van der Waals surface area contributed by atoms with Crippen LogP contribution >= 0.6 is 0 Å². The van der Waals surface area contributed by atoms with Crippen molar-refractivity contribution in [2.24, 2.45) is 0 Å². The van der Waals surface area contributed by atoms with Gasteiger partial charge in [-0.05, 0) is 38.5 Å². The van der Waals surface area contributed by atoms with Gasteiger partial charge in [0.1, 0.15) is 30.5 Å². The standard InChI is InChI=1S/C54H101NO9/c1-3-5-7-9-11-13-15-16-17-18-19-20-21-22-23-24-25-26-27-28-29-30-31-33-35-37-39-41-43-48(58)53(62)55-46(45-63-54-52(61)51(60)50(59)49(44-56)64-54)47(57)42-40-38-36-34-32-14-12-10-8-6-4-2/h8,10,32,34,40,42,46-52,54,56-61H,3-7,9,11-31,33,35-39,41,43-45H2,1-2H3,(H,55,62)/b10-8+,34-32+,42-40+. The van der Waals surface area contributed by atoms with Gasteiger partial charge >= 0.3 is 0 Å². The van der Waals surface area contributed by atoms with Gasteiger partial charge in [-0.1, -0.05) is 237 Å². The first kappa shape index (κ1) is 60.4. The van der Waals surface area contributed by atoms with Crippen molar-refractivity contribution in [2.45, 2.75) is 288 Å². The van der Waals surface area contributed by atoms with Gasteiger partial charge in [0, 0.05) is 0 Å². The number of amides is 1. The number of nitrogens with one attached hydrogen (secondary N) is 1. The molecule has 1 saturated heterocycles. The number of carbonyl (C=O) groups is 1. The van der Waals surface area contributed by atoms with E-state index in [0.29, 0.717) is 19.3 Å². The number of carbonyl (C=O) groups excluding carboxylic acids is 1. The van der Waals surface area contributed by atoms with Crippen molar-refractivity contribution in [3.05, 3.63) is 36.5 Å². The van der Waals surface area contributed by atoms with Crippen LogP contribution in [-0.2, 0) is 14.3 Å². The summed E-state index contributed by atoms with van der Waals surface area (Å²) in [7, 11) is 0. The molecule has 0 aliphatic carbocycles. The number of hydrogen-bond acceptors (Lipinski definition) is 9. The second kappa shape index (κ2) is 43.9. The van der Waals surface area contributed by atoms with Crippen molar-refractivity contribution in [3.63, 3.8) is 0 Å². The van der Waals surface area contributed by atoms with E-state index < -0.39 is 61.5 Å². The number of aliphatic hydroxyl groups excluding tert-OH is 6. The zero-order valence-electron chi connectivity index (χ0n) is 41.2. The lowest BCUT2D eigenvalue weighted by Crippen LogP contribution is -2.60. The van der Waals surface area contributed by atoms with Gasteiger partial charge in [0.2, 0.25) is 5.91 Å². The van der Waals surface area contributed by atoms with E-state index in [1.54, 1.807) is 6.08 Å². The van der Waals surface area contributed by atoms with Crippen LogP contribution in [0.15, 0.2) is 36.5 Å². The molecule has 1 fully saturated rings. The van der Waals surface area contributed by atoms with E-state index >= 15 is 0 Å². The minimum absolute atomic E-state index is 0.304. The first-order valence-corrected chi connectivity index (χ1v) is 26.8. The Bertz CT molecular complexity index is 1120. The third-order valence-electron chi connectivity index (χ3n) is 12.8. The summed E-state index contributed by atoms with van der Waals surface area (Å²) in [6, 6.07) is -1.00. The molecule has 1 heterocycles. The third-order valence-corrected chi connectivity index (χ3v) is 12.8. The number of hydrogen-bond donors (Lipinski definition) is 7. The van der Waals surface area contributed by atoms with Crippen LogP contribution in [0.5, 0.6) is 0 Å². The zero-order valence-corrected chi connectivity index (χ0v) is 41.2. The van der Waals surface area contributed by atoms with Gasteiger partial charge in [-0.3, -0.25) is 4.79 Å². The molecule has 0 spiro atoms. The first-order valence-electron chi connectivity index (χ1n) is 26.8. The van der Waals surface area contributed by atoms with Gasteiger partial charge in [-0.25, -0.2) is 0 Å². The summed E-state index contributed by atoms with van der Waals surface area (Å²) in [5.74, 6) is -0.629. The predicted octanol–water partition coefficient (Wildman–Crippen LogP) is 11.4. The van der Waals surface area contributed by atoms with Crippen molar-refractivity contribution in [2.75, 3.05) is 13.2 Å². The highest BCUT2D eigenvalue weighted by Gasteiger charge is 2.44. The Hall–Kier alpha value is -1.63. The summed E-state index contributed by atoms with van der Waals surface area (Å²) in [6.07, 6.45) is 45.6. The summed E-state index contributed by atoms with van der Waals surface area (Å²) >= 11 is 0. The van der Waals surface area contributed by atoms with E-state index in [9.17, 15) is 35.4 Å². The Balaban J connectivity index is 2.19. The van der Waals surface area contributed by atoms with Crippen LogP contribution in [0.3, 0.4) is 0 Å². The molecule has 0 aromatic rings. The highest BCUT2D eigenvalue weighted by Crippen LogP contribution is 2.23. The molecule has 7 N–H and O–H groups in total. The molecule has 0 aromatic carbocycles. The summed E-state index contributed by atoms with van der Waals surface area (Å²) in [4.78, 5) is 13.1. The SMILES string of the molecule is CCC/C=C/CC/C=C/CC/C=C/C(O)C(COC1OC(CO)C(O)C(O)C1O)NC(=O)C(O)CCCCCCCCCCCCCCCCCCCCCCCCCCCCCC. The number of rotatable bonds is 45. The van der Waals surface area contributed by atoms with E-state index in [1.165, 1.54) is 154 Å². The molecule has 10 nitrogen and oxygen atoms in total. The van der Waals surface area contributed by atoms with Crippen LogP contribution in [0.1, 0.15) is 239 Å². The summed E-state index contributed by atoms with van der Waals surface area (Å²) < 4.78 is 11.1. The molecule has 0 bridgehead atoms. The highest BCUT2D eigenvalue weighted by atomic mass is 16.7. The Morgan fingerprint density at radius 3 is 1.33 bits per heavy atom. The molecule has 0 radical (unpaired) electrons. The van der Waals surface area contributed by atoms with Crippen LogP contribution in [0.25, 0.3) is 0 Å². The van der Waals surface area contributed by atoms with Gasteiger partial charge < -0.3 is 45.4 Å². The molecule has 1 aliphatic heterocycles. The second-order valence-electron chi connectivity index (χ2n) is 18.8. The zero-order chi connectivity index (χ0) is 46.7. The van der Waals surface area contributed by atoms with Crippen molar-refractivity contribution >= 4 is 5.91 Å². The van der Waals surface area contributed by atoms with Gasteiger partial charge in [-0.2, -0.15) is 0 Å². The van der Waals surface area contributed by atoms with Crippen molar-refractivity contribution in [3.8, 4) is 0 Å². The average Bonchev–Trinajstić information content (AvgIpc) is 3.29. The lowest BCUT2D eigenvalue weighted by atomic mass is 9.99. The fourth-order valence-corrected chi connectivity index (χ4v) is 8.44. The van der Waals surface area contributed by atoms with Crippen molar-refractivity contribution in [1.29, 1.82) is 0 Å². The van der Waals surface area contributed by atoms with E-state index in [2.05, 4.69) is 43.5 Å². The average molecular weight is 908 g/mol. The molecule has 0 saturated carbocycles. The summed E-state index contributed by atoms with van der Waals surface area (Å²) in [5.41, 5.74) is 0. The number of unbranched alkanes of at least 4 members (excludes halogenated alkanes) is 30. The Kier molecular flexibility index (Phi) is 41.4. The fraction of sp³-hybridized carbons (Fsp3) is 0.870. The predicted molar refractivity (Wildman–Crippen MR) is 264 cm³/mol.